The quantitative estimate of drug-likeness (QED) is 0.791. The van der Waals surface area contributed by atoms with Crippen LogP contribution >= 0.6 is 0 Å². The van der Waals surface area contributed by atoms with Crippen LogP contribution in [0.4, 0.5) is 5.69 Å². The van der Waals surface area contributed by atoms with E-state index in [0.717, 1.165) is 11.1 Å². The molecular formula is C15H15NO2. The molecule has 3 heteroatoms. The zero-order valence-electron chi connectivity index (χ0n) is 10.4. The molecule has 0 aliphatic carbocycles. The Morgan fingerprint density at radius 1 is 0.889 bits per heavy atom. The number of phenols is 2. The van der Waals surface area contributed by atoms with E-state index in [2.05, 4.69) is 4.99 Å². The highest BCUT2D eigenvalue weighted by atomic mass is 16.3. The van der Waals surface area contributed by atoms with Gasteiger partial charge in [0.05, 0.1) is 0 Å². The zero-order chi connectivity index (χ0) is 13.1. The first kappa shape index (κ1) is 12.2. The largest absolute Gasteiger partial charge is 0.507 e. The van der Waals surface area contributed by atoms with Gasteiger partial charge in [0.2, 0.25) is 0 Å². The fourth-order valence-corrected chi connectivity index (χ4v) is 1.64. The third kappa shape index (κ3) is 2.69. The number of rotatable bonds is 2. The van der Waals surface area contributed by atoms with Crippen LogP contribution in [0.25, 0.3) is 0 Å². The van der Waals surface area contributed by atoms with Crippen LogP contribution in [-0.4, -0.2) is 16.4 Å². The van der Waals surface area contributed by atoms with E-state index in [1.165, 1.54) is 0 Å². The van der Waals surface area contributed by atoms with E-state index in [-0.39, 0.29) is 11.5 Å². The Labute approximate surface area is 106 Å². The van der Waals surface area contributed by atoms with Crippen molar-refractivity contribution in [1.29, 1.82) is 0 Å². The predicted molar refractivity (Wildman–Crippen MR) is 72.9 cm³/mol. The molecule has 18 heavy (non-hydrogen) atoms. The first-order valence-electron chi connectivity index (χ1n) is 5.69. The summed E-state index contributed by atoms with van der Waals surface area (Å²) in [6.45, 7) is 3.81. The maximum absolute atomic E-state index is 9.73. The van der Waals surface area contributed by atoms with Gasteiger partial charge in [-0.3, -0.25) is 4.99 Å². The molecule has 0 unspecified atom stereocenters. The monoisotopic (exact) mass is 241 g/mol. The van der Waals surface area contributed by atoms with E-state index >= 15 is 0 Å². The number of aromatic hydroxyl groups is 2. The minimum absolute atomic E-state index is 0.137. The fraction of sp³-hybridized carbons (Fsp3) is 0.133. The smallest absolute Gasteiger partial charge is 0.141 e. The van der Waals surface area contributed by atoms with Gasteiger partial charge in [-0.2, -0.15) is 0 Å². The summed E-state index contributed by atoms with van der Waals surface area (Å²) in [4.78, 5) is 4.17. The van der Waals surface area contributed by atoms with E-state index in [9.17, 15) is 10.2 Å². The summed E-state index contributed by atoms with van der Waals surface area (Å²) in [5.41, 5.74) is 3.08. The Kier molecular flexibility index (Phi) is 3.33. The molecule has 0 saturated carbocycles. The number of aryl methyl sites for hydroxylation is 2. The van der Waals surface area contributed by atoms with Gasteiger partial charge in [0.25, 0.3) is 0 Å². The van der Waals surface area contributed by atoms with Crippen molar-refractivity contribution in [3.8, 4) is 11.5 Å². The molecule has 2 rings (SSSR count). The summed E-state index contributed by atoms with van der Waals surface area (Å²) in [7, 11) is 0. The standard InChI is InChI=1S/C15H15NO2/c1-10-3-5-12(14(17)7-10)9-16-13-6-4-11(2)8-15(13)18/h3-9,17-18H,1-2H3. The van der Waals surface area contributed by atoms with Gasteiger partial charge in [-0.15, -0.1) is 0 Å². The highest BCUT2D eigenvalue weighted by Gasteiger charge is 2.00. The molecule has 2 N–H and O–H groups in total. The molecule has 92 valence electrons. The lowest BCUT2D eigenvalue weighted by molar-refractivity contribution is 0.473. The van der Waals surface area contributed by atoms with Gasteiger partial charge in [-0.05, 0) is 49.2 Å². The normalized spacial score (nSPS) is 11.0. The summed E-state index contributed by atoms with van der Waals surface area (Å²) in [5, 5.41) is 19.4. The van der Waals surface area contributed by atoms with Gasteiger partial charge in [-0.1, -0.05) is 12.1 Å². The van der Waals surface area contributed by atoms with E-state index < -0.39 is 0 Å². The molecule has 0 radical (unpaired) electrons. The van der Waals surface area contributed by atoms with Crippen molar-refractivity contribution >= 4 is 11.9 Å². The molecule has 2 aromatic rings. The van der Waals surface area contributed by atoms with E-state index in [1.54, 1.807) is 30.5 Å². The van der Waals surface area contributed by atoms with E-state index in [4.69, 9.17) is 0 Å². The average Bonchev–Trinajstić information content (AvgIpc) is 2.30. The first-order chi connectivity index (χ1) is 8.56. The molecule has 0 saturated heterocycles. The summed E-state index contributed by atoms with van der Waals surface area (Å²) < 4.78 is 0. The minimum atomic E-state index is 0.137. The first-order valence-corrected chi connectivity index (χ1v) is 5.69. The molecule has 0 heterocycles. The maximum atomic E-state index is 9.73. The predicted octanol–water partition coefficient (Wildman–Crippen LogP) is 3.47. The van der Waals surface area contributed by atoms with Gasteiger partial charge >= 0.3 is 0 Å². The summed E-state index contributed by atoms with van der Waals surface area (Å²) in [5.74, 6) is 0.322. The van der Waals surface area contributed by atoms with Crippen molar-refractivity contribution in [2.45, 2.75) is 13.8 Å². The summed E-state index contributed by atoms with van der Waals surface area (Å²) in [6, 6.07) is 10.6. The number of aliphatic imine (C=N–C) groups is 1. The maximum Gasteiger partial charge on any atom is 0.141 e. The average molecular weight is 241 g/mol. The number of nitrogens with zero attached hydrogens (tertiary/aromatic N) is 1. The van der Waals surface area contributed by atoms with Crippen LogP contribution in [0, 0.1) is 13.8 Å². The number of hydrogen-bond acceptors (Lipinski definition) is 3. The Hall–Kier alpha value is -2.29. The van der Waals surface area contributed by atoms with Gasteiger partial charge in [0.1, 0.15) is 17.2 Å². The molecule has 0 aliphatic rings. The molecule has 0 amide bonds. The number of phenolic OH excluding ortho intramolecular Hbond substituents is 2. The van der Waals surface area contributed by atoms with Crippen LogP contribution in [0.3, 0.4) is 0 Å². The molecule has 3 nitrogen and oxygen atoms in total. The van der Waals surface area contributed by atoms with Crippen LogP contribution in [0.2, 0.25) is 0 Å². The lowest BCUT2D eigenvalue weighted by atomic mass is 10.1. The lowest BCUT2D eigenvalue weighted by Gasteiger charge is -2.02. The van der Waals surface area contributed by atoms with Gasteiger partial charge < -0.3 is 10.2 Å². The molecule has 0 fully saturated rings. The van der Waals surface area contributed by atoms with Gasteiger partial charge in [0.15, 0.2) is 0 Å². The van der Waals surface area contributed by atoms with Crippen LogP contribution in [0.1, 0.15) is 16.7 Å². The van der Waals surface area contributed by atoms with E-state index in [0.29, 0.717) is 11.3 Å². The topological polar surface area (TPSA) is 52.8 Å². The molecule has 0 bridgehead atoms. The van der Waals surface area contributed by atoms with Crippen molar-refractivity contribution in [3.63, 3.8) is 0 Å². The van der Waals surface area contributed by atoms with Crippen molar-refractivity contribution in [1.82, 2.24) is 0 Å². The molecule has 0 aliphatic heterocycles. The molecule has 0 atom stereocenters. The number of hydrogen-bond donors (Lipinski definition) is 2. The Morgan fingerprint density at radius 3 is 2.11 bits per heavy atom. The molecular weight excluding hydrogens is 226 g/mol. The summed E-state index contributed by atoms with van der Waals surface area (Å²) >= 11 is 0. The molecule has 2 aromatic carbocycles. The lowest BCUT2D eigenvalue weighted by Crippen LogP contribution is -1.83. The second-order valence-corrected chi connectivity index (χ2v) is 4.31. The Morgan fingerprint density at radius 2 is 1.50 bits per heavy atom. The van der Waals surface area contributed by atoms with Gasteiger partial charge in [0, 0.05) is 11.8 Å². The molecule has 0 aromatic heterocycles. The third-order valence-corrected chi connectivity index (χ3v) is 2.66. The highest BCUT2D eigenvalue weighted by molar-refractivity contribution is 5.86. The second-order valence-electron chi connectivity index (χ2n) is 4.31. The number of benzene rings is 2. The fourth-order valence-electron chi connectivity index (χ4n) is 1.64. The Balaban J connectivity index is 2.30. The van der Waals surface area contributed by atoms with Crippen molar-refractivity contribution in [3.05, 3.63) is 53.1 Å². The van der Waals surface area contributed by atoms with Crippen LogP contribution < -0.4 is 0 Å². The minimum Gasteiger partial charge on any atom is -0.507 e. The van der Waals surface area contributed by atoms with Crippen molar-refractivity contribution in [2.75, 3.05) is 0 Å². The van der Waals surface area contributed by atoms with Crippen molar-refractivity contribution < 1.29 is 10.2 Å². The van der Waals surface area contributed by atoms with Crippen LogP contribution in [0.15, 0.2) is 41.4 Å². The van der Waals surface area contributed by atoms with Crippen LogP contribution in [-0.2, 0) is 0 Å². The van der Waals surface area contributed by atoms with E-state index in [1.807, 2.05) is 26.0 Å². The van der Waals surface area contributed by atoms with Gasteiger partial charge in [-0.25, -0.2) is 0 Å². The Bertz CT molecular complexity index is 550. The van der Waals surface area contributed by atoms with Crippen LogP contribution in [0.5, 0.6) is 11.5 Å². The SMILES string of the molecule is Cc1ccc(C=Nc2ccc(C)cc2O)c(O)c1. The third-order valence-electron chi connectivity index (χ3n) is 2.66. The molecule has 0 spiro atoms. The zero-order valence-corrected chi connectivity index (χ0v) is 10.4. The van der Waals surface area contributed by atoms with Crippen molar-refractivity contribution in [2.24, 2.45) is 4.99 Å². The highest BCUT2D eigenvalue weighted by Crippen LogP contribution is 2.27. The second kappa shape index (κ2) is 4.92. The summed E-state index contributed by atoms with van der Waals surface area (Å²) in [6.07, 6.45) is 1.54.